The summed E-state index contributed by atoms with van der Waals surface area (Å²) in [5.41, 5.74) is 2.56. The smallest absolute Gasteiger partial charge is 0.337 e. The van der Waals surface area contributed by atoms with E-state index in [1.807, 2.05) is 30.3 Å². The Balaban J connectivity index is 2.04. The van der Waals surface area contributed by atoms with Crippen molar-refractivity contribution in [2.45, 2.75) is 19.5 Å². The Morgan fingerprint density at radius 3 is 2.34 bits per heavy atom. The Labute approximate surface area is 169 Å². The van der Waals surface area contributed by atoms with Crippen molar-refractivity contribution in [3.05, 3.63) is 70.9 Å². The molecule has 0 saturated heterocycles. The second kappa shape index (κ2) is 8.68. The van der Waals surface area contributed by atoms with Gasteiger partial charge < -0.3 is 19.5 Å². The molecule has 0 radical (unpaired) electrons. The molecule has 1 aliphatic heterocycles. The predicted octanol–water partition coefficient (Wildman–Crippen LogP) is 3.42. The molecule has 29 heavy (non-hydrogen) atoms. The maximum atomic E-state index is 12.9. The summed E-state index contributed by atoms with van der Waals surface area (Å²) in [6.45, 7) is 2.10. The normalized spacial score (nSPS) is 16.3. The molecule has 0 aromatic heterocycles. The van der Waals surface area contributed by atoms with Crippen LogP contribution in [0.5, 0.6) is 11.5 Å². The maximum absolute atomic E-state index is 12.9. The molecule has 0 saturated carbocycles. The first kappa shape index (κ1) is 20.3. The van der Waals surface area contributed by atoms with E-state index in [1.54, 1.807) is 37.1 Å². The molecule has 7 heteroatoms. The molecule has 1 atom stereocenters. The molecule has 152 valence electrons. The molecule has 3 rings (SSSR count). The fourth-order valence-corrected chi connectivity index (χ4v) is 3.39. The summed E-state index contributed by atoms with van der Waals surface area (Å²) in [5, 5.41) is 2.92. The summed E-state index contributed by atoms with van der Waals surface area (Å²) >= 11 is 0. The number of methoxy groups -OCH3 is 3. The van der Waals surface area contributed by atoms with Gasteiger partial charge in [0.25, 0.3) is 0 Å². The van der Waals surface area contributed by atoms with Crippen molar-refractivity contribution in [3.8, 4) is 11.5 Å². The molecule has 0 bridgehead atoms. The average molecular weight is 396 g/mol. The molecule has 2 aromatic rings. The van der Waals surface area contributed by atoms with Gasteiger partial charge in [-0.1, -0.05) is 36.4 Å². The third-order valence-electron chi connectivity index (χ3n) is 4.93. The van der Waals surface area contributed by atoms with Gasteiger partial charge in [0.05, 0.1) is 39.5 Å². The summed E-state index contributed by atoms with van der Waals surface area (Å²) in [4.78, 5) is 27.1. The monoisotopic (exact) mass is 396 g/mol. The van der Waals surface area contributed by atoms with Gasteiger partial charge in [0.15, 0.2) is 11.5 Å². The van der Waals surface area contributed by atoms with Crippen molar-refractivity contribution in [2.24, 2.45) is 0 Å². The lowest BCUT2D eigenvalue weighted by molar-refractivity contribution is -0.136. The summed E-state index contributed by atoms with van der Waals surface area (Å²) in [6, 6.07) is 13.9. The minimum atomic E-state index is -0.665. The molecule has 0 spiro atoms. The van der Waals surface area contributed by atoms with E-state index in [9.17, 15) is 9.59 Å². The molecule has 0 fully saturated rings. The van der Waals surface area contributed by atoms with Gasteiger partial charge in [0.2, 0.25) is 0 Å². The Bertz CT molecular complexity index is 939. The number of nitrogens with one attached hydrogen (secondary N) is 1. The zero-order valence-corrected chi connectivity index (χ0v) is 16.9. The number of amides is 2. The van der Waals surface area contributed by atoms with Gasteiger partial charge in [-0.15, -0.1) is 0 Å². The molecular formula is C22H24N2O5. The van der Waals surface area contributed by atoms with E-state index in [1.165, 1.54) is 14.2 Å². The number of hydrogen-bond acceptors (Lipinski definition) is 5. The molecule has 2 aromatic carbocycles. The van der Waals surface area contributed by atoms with E-state index in [2.05, 4.69) is 5.32 Å². The number of allylic oxidation sites excluding steroid dienone is 1. The Morgan fingerprint density at radius 1 is 1.03 bits per heavy atom. The fraction of sp³-hybridized carbons (Fsp3) is 0.273. The molecule has 1 N–H and O–H groups in total. The van der Waals surface area contributed by atoms with Gasteiger partial charge in [-0.25, -0.2) is 9.59 Å². The molecule has 0 unspecified atom stereocenters. The highest BCUT2D eigenvalue weighted by Crippen LogP contribution is 2.36. The van der Waals surface area contributed by atoms with E-state index in [0.29, 0.717) is 34.9 Å². The minimum absolute atomic E-state index is 0.293. The molecule has 2 amide bonds. The third-order valence-corrected chi connectivity index (χ3v) is 4.93. The van der Waals surface area contributed by atoms with Gasteiger partial charge in [-0.2, -0.15) is 0 Å². The zero-order valence-electron chi connectivity index (χ0n) is 16.9. The topological polar surface area (TPSA) is 77.1 Å². The largest absolute Gasteiger partial charge is 0.493 e. The SMILES string of the molecule is COC(=O)C1=C(C)N(Cc2ccccc2)C(=O)N[C@H]1c1ccc(OC)c(OC)c1. The van der Waals surface area contributed by atoms with E-state index < -0.39 is 12.0 Å². The Kier molecular flexibility index (Phi) is 6.07. The van der Waals surface area contributed by atoms with Crippen molar-refractivity contribution in [1.82, 2.24) is 10.2 Å². The van der Waals surface area contributed by atoms with Crippen LogP contribution >= 0.6 is 0 Å². The van der Waals surface area contributed by atoms with Crippen LogP contribution in [-0.4, -0.2) is 38.2 Å². The van der Waals surface area contributed by atoms with Crippen LogP contribution in [-0.2, 0) is 16.1 Å². The number of nitrogens with zero attached hydrogens (tertiary/aromatic N) is 1. The summed E-state index contributed by atoms with van der Waals surface area (Å²) in [6.07, 6.45) is 0. The lowest BCUT2D eigenvalue weighted by atomic mass is 9.94. The van der Waals surface area contributed by atoms with Crippen LogP contribution in [0.4, 0.5) is 4.79 Å². The van der Waals surface area contributed by atoms with Crippen molar-refractivity contribution >= 4 is 12.0 Å². The van der Waals surface area contributed by atoms with E-state index in [0.717, 1.165) is 5.56 Å². The zero-order chi connectivity index (χ0) is 21.0. The first-order valence-electron chi connectivity index (χ1n) is 9.13. The highest BCUT2D eigenvalue weighted by Gasteiger charge is 2.36. The lowest BCUT2D eigenvalue weighted by Gasteiger charge is -2.35. The maximum Gasteiger partial charge on any atom is 0.337 e. The van der Waals surface area contributed by atoms with Crippen molar-refractivity contribution < 1.29 is 23.8 Å². The number of urea groups is 1. The highest BCUT2D eigenvalue weighted by atomic mass is 16.5. The quantitative estimate of drug-likeness (QED) is 0.757. The van der Waals surface area contributed by atoms with Crippen LogP contribution in [0.1, 0.15) is 24.1 Å². The molecule has 0 aliphatic carbocycles. The Morgan fingerprint density at radius 2 is 1.72 bits per heavy atom. The number of hydrogen-bond donors (Lipinski definition) is 1. The highest BCUT2D eigenvalue weighted by molar-refractivity contribution is 5.95. The Hall–Kier alpha value is -3.48. The summed E-state index contributed by atoms with van der Waals surface area (Å²) in [7, 11) is 4.41. The van der Waals surface area contributed by atoms with Crippen LogP contribution in [0.2, 0.25) is 0 Å². The predicted molar refractivity (Wildman–Crippen MR) is 108 cm³/mol. The number of carbonyl (C=O) groups excluding carboxylic acids is 2. The summed E-state index contributed by atoms with van der Waals surface area (Å²) < 4.78 is 15.7. The van der Waals surface area contributed by atoms with Crippen molar-refractivity contribution in [1.29, 1.82) is 0 Å². The molecule has 7 nitrogen and oxygen atoms in total. The van der Waals surface area contributed by atoms with Gasteiger partial charge in [0, 0.05) is 5.70 Å². The third kappa shape index (κ3) is 4.03. The van der Waals surface area contributed by atoms with E-state index in [4.69, 9.17) is 14.2 Å². The van der Waals surface area contributed by atoms with Gasteiger partial charge >= 0.3 is 12.0 Å². The van der Waals surface area contributed by atoms with Crippen molar-refractivity contribution in [2.75, 3.05) is 21.3 Å². The van der Waals surface area contributed by atoms with Crippen LogP contribution in [0, 0.1) is 0 Å². The lowest BCUT2D eigenvalue weighted by Crippen LogP contribution is -2.47. The number of rotatable bonds is 6. The second-order valence-electron chi connectivity index (χ2n) is 6.56. The first-order chi connectivity index (χ1) is 14.0. The van der Waals surface area contributed by atoms with E-state index >= 15 is 0 Å². The molecule has 1 aliphatic rings. The standard InChI is InChI=1S/C22H24N2O5/c1-14-19(21(25)29-4)20(16-10-11-17(27-2)18(12-16)28-3)23-22(26)24(14)13-15-8-6-5-7-9-15/h5-12,20H,13H2,1-4H3,(H,23,26)/t20-/m0/s1. The van der Waals surface area contributed by atoms with Crippen LogP contribution < -0.4 is 14.8 Å². The molecule has 1 heterocycles. The van der Waals surface area contributed by atoms with Crippen LogP contribution in [0.25, 0.3) is 0 Å². The number of benzene rings is 2. The number of esters is 1. The molecular weight excluding hydrogens is 372 g/mol. The number of ether oxygens (including phenoxy) is 3. The number of carbonyl (C=O) groups is 2. The minimum Gasteiger partial charge on any atom is -0.493 e. The fourth-order valence-electron chi connectivity index (χ4n) is 3.39. The average Bonchev–Trinajstić information content (AvgIpc) is 2.76. The first-order valence-corrected chi connectivity index (χ1v) is 9.13. The van der Waals surface area contributed by atoms with Gasteiger partial charge in [0.1, 0.15) is 0 Å². The van der Waals surface area contributed by atoms with Gasteiger partial charge in [-0.05, 0) is 30.2 Å². The van der Waals surface area contributed by atoms with Gasteiger partial charge in [-0.3, -0.25) is 4.90 Å². The van der Waals surface area contributed by atoms with Crippen molar-refractivity contribution in [3.63, 3.8) is 0 Å². The van der Waals surface area contributed by atoms with Crippen LogP contribution in [0.15, 0.2) is 59.8 Å². The van der Waals surface area contributed by atoms with Crippen LogP contribution in [0.3, 0.4) is 0 Å². The second-order valence-corrected chi connectivity index (χ2v) is 6.56. The summed E-state index contributed by atoms with van der Waals surface area (Å²) in [5.74, 6) is 0.567. The van der Waals surface area contributed by atoms with E-state index in [-0.39, 0.29) is 6.03 Å².